The summed E-state index contributed by atoms with van der Waals surface area (Å²) in [6.07, 6.45) is 2.84. The lowest BCUT2D eigenvalue weighted by Crippen LogP contribution is -2.49. The number of aromatic amines is 1. The molecule has 2 amide bonds. The first-order valence-corrected chi connectivity index (χ1v) is 14.4. The molecule has 11 nitrogen and oxygen atoms in total. The average molecular weight is 569 g/mol. The molecular formula is C31H36N8O3. The number of amides is 2. The van der Waals surface area contributed by atoms with Gasteiger partial charge in [0.25, 0.3) is 5.91 Å². The molecule has 0 unspecified atom stereocenters. The summed E-state index contributed by atoms with van der Waals surface area (Å²) in [6.45, 7) is 5.92. The number of likely N-dealkylation sites (tertiary alicyclic amines) is 1. The number of carbonyl (C=O) groups is 2. The zero-order valence-corrected chi connectivity index (χ0v) is 23.7. The molecule has 4 aromatic rings. The van der Waals surface area contributed by atoms with Crippen molar-refractivity contribution in [2.75, 3.05) is 61.3 Å². The van der Waals surface area contributed by atoms with Gasteiger partial charge < -0.3 is 25.5 Å². The Kier molecular flexibility index (Phi) is 8.02. The van der Waals surface area contributed by atoms with Gasteiger partial charge in [0, 0.05) is 55.9 Å². The van der Waals surface area contributed by atoms with Crippen LogP contribution in [0, 0.1) is 6.92 Å². The van der Waals surface area contributed by atoms with Crippen LogP contribution in [0.15, 0.2) is 60.8 Å². The molecule has 0 aliphatic carbocycles. The van der Waals surface area contributed by atoms with Crippen molar-refractivity contribution in [3.8, 4) is 0 Å². The molecule has 11 heteroatoms. The van der Waals surface area contributed by atoms with Crippen molar-refractivity contribution >= 4 is 45.7 Å². The third-order valence-electron chi connectivity index (χ3n) is 7.95. The maximum absolute atomic E-state index is 13.1. The molecule has 0 atom stereocenters. The van der Waals surface area contributed by atoms with Gasteiger partial charge in [-0.25, -0.2) is 4.98 Å². The lowest BCUT2D eigenvalue weighted by Gasteiger charge is -2.36. The topological polar surface area (TPSA) is 130 Å². The van der Waals surface area contributed by atoms with Gasteiger partial charge in [0.1, 0.15) is 5.82 Å². The van der Waals surface area contributed by atoms with Gasteiger partial charge in [-0.3, -0.25) is 19.6 Å². The van der Waals surface area contributed by atoms with E-state index in [9.17, 15) is 14.7 Å². The molecular weight excluding hydrogens is 532 g/mol. The van der Waals surface area contributed by atoms with E-state index in [2.05, 4.69) is 30.6 Å². The summed E-state index contributed by atoms with van der Waals surface area (Å²) in [5.74, 6) is 1.21. The summed E-state index contributed by atoms with van der Waals surface area (Å²) in [5.41, 5.74) is 4.26. The van der Waals surface area contributed by atoms with Gasteiger partial charge in [-0.05, 0) is 62.2 Å². The van der Waals surface area contributed by atoms with E-state index in [1.807, 2.05) is 66.4 Å². The SMILES string of the molecule is Cc1ccc(C(=O)N2CCN(c3nc(Nc4ccc5[nH]ncc5c4)ccc3NC(=O)CN3CCC(O)CC3)CC2)cc1. The van der Waals surface area contributed by atoms with Crippen molar-refractivity contribution in [2.45, 2.75) is 25.9 Å². The zero-order valence-electron chi connectivity index (χ0n) is 23.7. The molecule has 2 aliphatic heterocycles. The lowest BCUT2D eigenvalue weighted by atomic mass is 10.1. The number of aliphatic hydroxyl groups excluding tert-OH is 1. The number of hydrogen-bond acceptors (Lipinski definition) is 8. The molecule has 2 aromatic carbocycles. The molecule has 2 fully saturated rings. The normalized spacial score (nSPS) is 16.5. The van der Waals surface area contributed by atoms with Crippen LogP contribution in [0.5, 0.6) is 0 Å². The second kappa shape index (κ2) is 12.2. The second-order valence-corrected chi connectivity index (χ2v) is 11.1. The van der Waals surface area contributed by atoms with Crippen LogP contribution >= 0.6 is 0 Å². The first-order chi connectivity index (χ1) is 20.4. The fourth-order valence-electron chi connectivity index (χ4n) is 5.50. The van der Waals surface area contributed by atoms with Gasteiger partial charge in [0.05, 0.1) is 30.0 Å². The highest BCUT2D eigenvalue weighted by Gasteiger charge is 2.26. The number of piperazine rings is 1. The number of benzene rings is 2. The Labute approximate surface area is 244 Å². The van der Waals surface area contributed by atoms with E-state index in [1.165, 1.54) is 0 Å². The fraction of sp³-hybridized carbons (Fsp3) is 0.355. The van der Waals surface area contributed by atoms with Crippen LogP contribution in [-0.4, -0.2) is 93.8 Å². The van der Waals surface area contributed by atoms with Crippen molar-refractivity contribution in [1.82, 2.24) is 25.0 Å². The minimum atomic E-state index is -0.286. The second-order valence-electron chi connectivity index (χ2n) is 11.1. The number of fused-ring (bicyclic) bond motifs is 1. The predicted molar refractivity (Wildman–Crippen MR) is 163 cm³/mol. The molecule has 0 saturated carbocycles. The van der Waals surface area contributed by atoms with E-state index >= 15 is 0 Å². The molecule has 4 heterocycles. The Bertz CT molecular complexity index is 1550. The van der Waals surface area contributed by atoms with E-state index in [0.29, 0.717) is 75.0 Å². The number of rotatable bonds is 7. The number of H-pyrrole nitrogens is 1. The van der Waals surface area contributed by atoms with Gasteiger partial charge >= 0.3 is 0 Å². The third kappa shape index (κ3) is 6.37. The number of aliphatic hydroxyl groups is 1. The van der Waals surface area contributed by atoms with Crippen LogP contribution in [0.3, 0.4) is 0 Å². The van der Waals surface area contributed by atoms with Crippen LogP contribution < -0.4 is 15.5 Å². The Morgan fingerprint density at radius 1 is 0.976 bits per heavy atom. The summed E-state index contributed by atoms with van der Waals surface area (Å²) in [4.78, 5) is 37.1. The Morgan fingerprint density at radius 2 is 1.74 bits per heavy atom. The summed E-state index contributed by atoms with van der Waals surface area (Å²) < 4.78 is 0. The number of aryl methyl sites for hydroxylation is 1. The molecule has 218 valence electrons. The molecule has 4 N–H and O–H groups in total. The van der Waals surface area contributed by atoms with Crippen LogP contribution in [0.25, 0.3) is 10.9 Å². The number of aromatic nitrogens is 3. The molecule has 2 saturated heterocycles. The predicted octanol–water partition coefficient (Wildman–Crippen LogP) is 3.37. The van der Waals surface area contributed by atoms with Gasteiger partial charge in [-0.1, -0.05) is 17.7 Å². The van der Waals surface area contributed by atoms with Crippen LogP contribution in [0.1, 0.15) is 28.8 Å². The molecule has 0 bridgehead atoms. The number of pyridine rings is 1. The van der Waals surface area contributed by atoms with Gasteiger partial charge in [-0.2, -0.15) is 5.10 Å². The maximum atomic E-state index is 13.1. The standard InChI is InChI=1S/C31H36N8O3/c1-21-2-4-22(5-3-21)31(42)39-16-14-38(15-17-39)30-27(34-29(41)20-37-12-10-25(40)11-13-37)8-9-28(35-30)33-24-6-7-26-23(18-24)19-32-36-26/h2-9,18-19,25,40H,10-17,20H2,1H3,(H,32,36)(H,33,35)(H,34,41). The first-order valence-electron chi connectivity index (χ1n) is 14.4. The van der Waals surface area contributed by atoms with E-state index in [0.717, 1.165) is 22.2 Å². The number of anilines is 4. The van der Waals surface area contributed by atoms with E-state index in [-0.39, 0.29) is 24.5 Å². The Balaban J connectivity index is 1.19. The number of nitrogens with zero attached hydrogens (tertiary/aromatic N) is 5. The van der Waals surface area contributed by atoms with Crippen LogP contribution in [0.4, 0.5) is 23.0 Å². The van der Waals surface area contributed by atoms with Crippen molar-refractivity contribution in [1.29, 1.82) is 0 Å². The van der Waals surface area contributed by atoms with Gasteiger partial charge in [0.2, 0.25) is 5.91 Å². The summed E-state index contributed by atoms with van der Waals surface area (Å²) in [5, 5.41) is 24.3. The highest BCUT2D eigenvalue weighted by Crippen LogP contribution is 2.29. The highest BCUT2D eigenvalue weighted by atomic mass is 16.3. The Hall–Kier alpha value is -4.48. The maximum Gasteiger partial charge on any atom is 0.253 e. The first kappa shape index (κ1) is 27.7. The largest absolute Gasteiger partial charge is 0.393 e. The molecule has 42 heavy (non-hydrogen) atoms. The summed E-state index contributed by atoms with van der Waals surface area (Å²) in [7, 11) is 0. The number of hydrogen-bond donors (Lipinski definition) is 4. The number of piperidine rings is 1. The zero-order chi connectivity index (χ0) is 29.1. The quantitative estimate of drug-likeness (QED) is 0.267. The van der Waals surface area contributed by atoms with Crippen molar-refractivity contribution in [3.05, 3.63) is 71.9 Å². The van der Waals surface area contributed by atoms with Gasteiger partial charge in [0.15, 0.2) is 5.82 Å². The minimum Gasteiger partial charge on any atom is -0.393 e. The van der Waals surface area contributed by atoms with Crippen molar-refractivity contribution in [3.63, 3.8) is 0 Å². The lowest BCUT2D eigenvalue weighted by molar-refractivity contribution is -0.117. The number of carbonyl (C=O) groups excluding carboxylic acids is 2. The smallest absolute Gasteiger partial charge is 0.253 e. The summed E-state index contributed by atoms with van der Waals surface area (Å²) >= 11 is 0. The van der Waals surface area contributed by atoms with E-state index < -0.39 is 0 Å². The third-order valence-corrected chi connectivity index (χ3v) is 7.95. The van der Waals surface area contributed by atoms with E-state index in [1.54, 1.807) is 6.20 Å². The minimum absolute atomic E-state index is 0.0211. The number of nitrogens with one attached hydrogen (secondary N) is 3. The molecule has 2 aromatic heterocycles. The van der Waals surface area contributed by atoms with Gasteiger partial charge in [-0.15, -0.1) is 0 Å². The van der Waals surface area contributed by atoms with E-state index in [4.69, 9.17) is 4.98 Å². The van der Waals surface area contributed by atoms with Crippen LogP contribution in [-0.2, 0) is 4.79 Å². The van der Waals surface area contributed by atoms with Crippen molar-refractivity contribution in [2.24, 2.45) is 0 Å². The fourth-order valence-corrected chi connectivity index (χ4v) is 5.50. The molecule has 6 rings (SSSR count). The highest BCUT2D eigenvalue weighted by molar-refractivity contribution is 5.96. The average Bonchev–Trinajstić information content (AvgIpc) is 3.47. The van der Waals surface area contributed by atoms with Crippen LogP contribution in [0.2, 0.25) is 0 Å². The molecule has 2 aliphatic rings. The summed E-state index contributed by atoms with van der Waals surface area (Å²) in [6, 6.07) is 17.3. The Morgan fingerprint density at radius 3 is 2.50 bits per heavy atom. The monoisotopic (exact) mass is 568 g/mol. The molecule has 0 spiro atoms. The molecule has 0 radical (unpaired) electrons. The van der Waals surface area contributed by atoms with Crippen molar-refractivity contribution < 1.29 is 14.7 Å².